The number of thiazole rings is 1. The first-order valence-electron chi connectivity index (χ1n) is 13.1. The molecule has 4 rings (SSSR count). The summed E-state index contributed by atoms with van der Waals surface area (Å²) >= 11 is 2.60. The summed E-state index contributed by atoms with van der Waals surface area (Å²) in [6.45, 7) is 0.786. The minimum Gasteiger partial charge on any atom is -0.486 e. The summed E-state index contributed by atoms with van der Waals surface area (Å²) in [6, 6.07) is 9.79. The Hall–Kier alpha value is -4.19. The average molecular weight is 690 g/mol. The summed E-state index contributed by atoms with van der Waals surface area (Å²) in [6.07, 6.45) is -5.08. The van der Waals surface area contributed by atoms with Gasteiger partial charge in [-0.15, -0.1) is 22.7 Å². The number of halogens is 5. The van der Waals surface area contributed by atoms with Crippen LogP contribution in [0.3, 0.4) is 0 Å². The van der Waals surface area contributed by atoms with Gasteiger partial charge in [0.2, 0.25) is 0 Å². The topological polar surface area (TPSA) is 130 Å². The molecule has 2 heterocycles. The van der Waals surface area contributed by atoms with Gasteiger partial charge >= 0.3 is 18.1 Å². The molecule has 0 aliphatic rings. The number of thiophene rings is 1. The maximum atomic E-state index is 14.4. The van der Waals surface area contributed by atoms with E-state index in [0.717, 1.165) is 4.88 Å². The second-order valence-corrected chi connectivity index (χ2v) is 11.9. The fourth-order valence-corrected chi connectivity index (χ4v) is 5.71. The van der Waals surface area contributed by atoms with E-state index in [2.05, 4.69) is 4.98 Å². The van der Waals surface area contributed by atoms with Crippen molar-refractivity contribution in [1.82, 2.24) is 14.8 Å². The molecule has 0 aliphatic heterocycles. The van der Waals surface area contributed by atoms with Crippen LogP contribution in [0.2, 0.25) is 0 Å². The van der Waals surface area contributed by atoms with Crippen molar-refractivity contribution in [3.05, 3.63) is 69.0 Å². The monoisotopic (exact) mass is 689 g/mol. The van der Waals surface area contributed by atoms with Crippen molar-refractivity contribution < 1.29 is 56.0 Å². The van der Waals surface area contributed by atoms with Gasteiger partial charge < -0.3 is 29.5 Å². The van der Waals surface area contributed by atoms with Crippen molar-refractivity contribution in [3.8, 4) is 16.9 Å². The van der Waals surface area contributed by atoms with E-state index in [1.165, 1.54) is 33.6 Å². The van der Waals surface area contributed by atoms with Gasteiger partial charge in [0.1, 0.15) is 29.6 Å². The van der Waals surface area contributed by atoms with Crippen LogP contribution in [-0.2, 0) is 27.5 Å². The van der Waals surface area contributed by atoms with Crippen molar-refractivity contribution in [2.75, 3.05) is 40.8 Å². The predicted molar refractivity (Wildman–Crippen MR) is 160 cm³/mol. The van der Waals surface area contributed by atoms with E-state index in [0.29, 0.717) is 39.7 Å². The van der Waals surface area contributed by atoms with E-state index in [9.17, 15) is 31.5 Å². The molecule has 2 aromatic heterocycles. The van der Waals surface area contributed by atoms with E-state index >= 15 is 0 Å². The van der Waals surface area contributed by atoms with Gasteiger partial charge in [0, 0.05) is 46.1 Å². The Kier molecular flexibility index (Phi) is 12.5. The summed E-state index contributed by atoms with van der Waals surface area (Å²) < 4.78 is 72.1. The summed E-state index contributed by atoms with van der Waals surface area (Å²) in [4.78, 5) is 41.2. The van der Waals surface area contributed by atoms with Crippen molar-refractivity contribution in [2.24, 2.45) is 0 Å². The van der Waals surface area contributed by atoms with Crippen molar-refractivity contribution >= 4 is 50.6 Å². The quantitative estimate of drug-likeness (QED) is 0.179. The number of carbonyl (C=O) groups excluding carboxylic acids is 1. The van der Waals surface area contributed by atoms with Gasteiger partial charge in [-0.05, 0) is 43.9 Å². The van der Waals surface area contributed by atoms with Crippen LogP contribution >= 0.6 is 22.7 Å². The third-order valence-electron chi connectivity index (χ3n) is 6.00. The number of aromatic nitrogens is 1. The molecule has 2 N–H and O–H groups in total. The number of hydrogen-bond donors (Lipinski definition) is 2. The number of nitrogens with zero attached hydrogens (tertiary/aromatic N) is 3. The highest BCUT2D eigenvalue weighted by atomic mass is 32.1. The second-order valence-electron chi connectivity index (χ2n) is 9.77. The van der Waals surface area contributed by atoms with Gasteiger partial charge in [0.15, 0.2) is 11.6 Å². The molecule has 0 aliphatic carbocycles. The number of rotatable bonds is 12. The zero-order chi connectivity index (χ0) is 34.2. The van der Waals surface area contributed by atoms with Gasteiger partial charge in [-0.1, -0.05) is 12.1 Å². The van der Waals surface area contributed by atoms with Gasteiger partial charge in [0.05, 0.1) is 6.61 Å². The predicted octanol–water partition coefficient (Wildman–Crippen LogP) is 5.75. The van der Waals surface area contributed by atoms with E-state index < -0.39 is 42.2 Å². The highest BCUT2D eigenvalue weighted by molar-refractivity contribution is 7.19. The zero-order valence-electron chi connectivity index (χ0n) is 24.6. The number of hydrogen-bond acceptors (Lipinski definition) is 9. The second kappa shape index (κ2) is 15.9. The number of methoxy groups -OCH3 is 1. The molecule has 10 nitrogen and oxygen atoms in total. The molecule has 1 amide bonds. The SMILES string of the molecule is COCc1cc2c(F)c(F)cc(-c3ccc(OCc4nc(C(=O)N(CCN(C)C)CC(=O)O)cs4)cc3)c2s1.O=C(O)C(F)(F)F. The first-order chi connectivity index (χ1) is 21.6. The number of amides is 1. The molecule has 0 bridgehead atoms. The number of carboxylic acids is 2. The minimum atomic E-state index is -5.08. The lowest BCUT2D eigenvalue weighted by atomic mass is 10.0. The smallest absolute Gasteiger partial charge is 0.486 e. The Morgan fingerprint density at radius 2 is 1.65 bits per heavy atom. The first-order valence-corrected chi connectivity index (χ1v) is 14.8. The number of ether oxygens (including phenoxy) is 2. The van der Waals surface area contributed by atoms with Crippen LogP contribution in [-0.4, -0.2) is 89.9 Å². The molecule has 0 radical (unpaired) electrons. The number of aliphatic carboxylic acids is 2. The number of carboxylic acid groups (broad SMARTS) is 2. The van der Waals surface area contributed by atoms with Gasteiger partial charge in [-0.2, -0.15) is 13.2 Å². The van der Waals surface area contributed by atoms with Crippen molar-refractivity contribution in [1.29, 1.82) is 0 Å². The van der Waals surface area contributed by atoms with Crippen molar-refractivity contribution in [2.45, 2.75) is 19.4 Å². The molecule has 0 fully saturated rings. The number of benzene rings is 2. The fraction of sp³-hybridized carbons (Fsp3) is 0.310. The highest BCUT2D eigenvalue weighted by Crippen LogP contribution is 2.38. The Labute approximate surface area is 267 Å². The number of alkyl halides is 3. The Morgan fingerprint density at radius 1 is 1.00 bits per heavy atom. The molecule has 0 saturated carbocycles. The van der Waals surface area contributed by atoms with E-state index in [4.69, 9.17) is 24.5 Å². The highest BCUT2D eigenvalue weighted by Gasteiger charge is 2.38. The summed E-state index contributed by atoms with van der Waals surface area (Å²) in [5.74, 6) is -5.57. The lowest BCUT2D eigenvalue weighted by Gasteiger charge is -2.21. The average Bonchev–Trinajstić information content (AvgIpc) is 3.64. The largest absolute Gasteiger partial charge is 0.490 e. The van der Waals surface area contributed by atoms with Crippen molar-refractivity contribution in [3.63, 3.8) is 0 Å². The van der Waals surface area contributed by atoms with E-state index in [1.54, 1.807) is 42.8 Å². The molecule has 0 unspecified atom stereocenters. The molecular formula is C29H28F5N3O7S2. The third kappa shape index (κ3) is 9.90. The van der Waals surface area contributed by atoms with E-state index in [1.807, 2.05) is 19.0 Å². The molecule has 0 saturated heterocycles. The Morgan fingerprint density at radius 3 is 2.22 bits per heavy atom. The van der Waals surface area contributed by atoms with Crippen LogP contribution < -0.4 is 4.74 Å². The van der Waals surface area contributed by atoms with Crippen LogP contribution in [0.25, 0.3) is 21.2 Å². The lowest BCUT2D eigenvalue weighted by molar-refractivity contribution is -0.192. The zero-order valence-corrected chi connectivity index (χ0v) is 26.2. The molecule has 248 valence electrons. The van der Waals surface area contributed by atoms with Gasteiger partial charge in [-0.3, -0.25) is 9.59 Å². The maximum absolute atomic E-state index is 14.4. The Bertz CT molecular complexity index is 1670. The lowest BCUT2D eigenvalue weighted by Crippen LogP contribution is -2.40. The summed E-state index contributed by atoms with van der Waals surface area (Å²) in [5, 5.41) is 18.7. The van der Waals surface area contributed by atoms with Crippen LogP contribution in [0.4, 0.5) is 22.0 Å². The normalized spacial score (nSPS) is 11.3. The molecule has 2 aromatic carbocycles. The van der Waals surface area contributed by atoms with Crippen LogP contribution in [0.5, 0.6) is 5.75 Å². The van der Waals surface area contributed by atoms with Crippen LogP contribution in [0, 0.1) is 11.6 Å². The fourth-order valence-electron chi connectivity index (χ4n) is 3.87. The summed E-state index contributed by atoms with van der Waals surface area (Å²) in [7, 11) is 5.23. The molecule has 0 atom stereocenters. The van der Waals surface area contributed by atoms with Gasteiger partial charge in [0.25, 0.3) is 5.91 Å². The molecule has 0 spiro atoms. The van der Waals surface area contributed by atoms with E-state index in [-0.39, 0.29) is 24.2 Å². The molecule has 17 heteroatoms. The maximum Gasteiger partial charge on any atom is 0.490 e. The summed E-state index contributed by atoms with van der Waals surface area (Å²) in [5.41, 5.74) is 1.45. The molecule has 46 heavy (non-hydrogen) atoms. The van der Waals surface area contributed by atoms with Crippen LogP contribution in [0.1, 0.15) is 20.4 Å². The number of fused-ring (bicyclic) bond motifs is 1. The first kappa shape index (κ1) is 36.3. The minimum absolute atomic E-state index is 0.106. The molecule has 4 aromatic rings. The van der Waals surface area contributed by atoms with Gasteiger partial charge in [-0.25, -0.2) is 18.6 Å². The third-order valence-corrected chi connectivity index (χ3v) is 7.97. The standard InChI is InChI=1S/C27H27F2N3O5S2.C2HF3O2/c1-31(2)8-9-32(12-24(33)34)27(35)22-15-38-23(30-22)14-37-17-6-4-16(5-7-17)19-11-21(28)25(29)20-10-18(13-36-3)39-26(19)20;3-2(4,5)1(6)7/h4-7,10-11,15H,8-9,12-14H2,1-3H3,(H,33,34);(H,6,7). The Balaban J connectivity index is 0.000000738. The molecular weight excluding hydrogens is 661 g/mol. The van der Waals surface area contributed by atoms with Crippen LogP contribution in [0.15, 0.2) is 41.8 Å². The number of likely N-dealkylation sites (N-methyl/N-ethyl adjacent to an activating group) is 1. The number of carbonyl (C=O) groups is 3.